The molecule has 0 atom stereocenters. The van der Waals surface area contributed by atoms with Gasteiger partial charge >= 0.3 is 0 Å². The van der Waals surface area contributed by atoms with E-state index >= 15 is 0 Å². The van der Waals surface area contributed by atoms with Crippen LogP contribution >= 0.6 is 15.9 Å². The van der Waals surface area contributed by atoms with Crippen LogP contribution in [-0.2, 0) is 0 Å². The highest BCUT2D eigenvalue weighted by Gasteiger charge is 2.13. The minimum absolute atomic E-state index is 0.159. The van der Waals surface area contributed by atoms with Crippen LogP contribution in [0.1, 0.15) is 20.9 Å². The SMILES string of the molecule is COc1ccc(NC(=O)c2cccc(NC(=O)c3ccc(Br)o3)c2)cc1OC. The van der Waals surface area contributed by atoms with Crippen LogP contribution in [0.25, 0.3) is 0 Å². The van der Waals surface area contributed by atoms with Gasteiger partial charge in [0, 0.05) is 23.0 Å². The van der Waals surface area contributed by atoms with Crippen molar-refractivity contribution in [3.05, 3.63) is 70.6 Å². The van der Waals surface area contributed by atoms with Crippen molar-refractivity contribution in [1.82, 2.24) is 0 Å². The van der Waals surface area contributed by atoms with Gasteiger partial charge < -0.3 is 24.5 Å². The summed E-state index contributed by atoms with van der Waals surface area (Å²) in [5.41, 5.74) is 1.41. The number of benzene rings is 2. The zero-order valence-electron chi connectivity index (χ0n) is 15.1. The van der Waals surface area contributed by atoms with E-state index < -0.39 is 5.91 Å². The van der Waals surface area contributed by atoms with Crippen molar-refractivity contribution in [2.75, 3.05) is 24.9 Å². The zero-order chi connectivity index (χ0) is 20.1. The minimum Gasteiger partial charge on any atom is -0.493 e. The van der Waals surface area contributed by atoms with Gasteiger partial charge in [0.1, 0.15) is 0 Å². The van der Waals surface area contributed by atoms with Crippen LogP contribution in [0.5, 0.6) is 11.5 Å². The molecular weight excluding hydrogens is 428 g/mol. The zero-order valence-corrected chi connectivity index (χ0v) is 16.7. The number of methoxy groups -OCH3 is 2. The Morgan fingerprint density at radius 3 is 2.25 bits per heavy atom. The summed E-state index contributed by atoms with van der Waals surface area (Å²) in [5, 5.41) is 5.48. The number of ether oxygens (including phenoxy) is 2. The third-order valence-electron chi connectivity index (χ3n) is 3.82. The second kappa shape index (κ2) is 8.62. The van der Waals surface area contributed by atoms with Gasteiger partial charge in [0.25, 0.3) is 11.8 Å². The average Bonchev–Trinajstić information content (AvgIpc) is 3.14. The number of hydrogen-bond acceptors (Lipinski definition) is 5. The molecule has 3 rings (SSSR count). The van der Waals surface area contributed by atoms with E-state index in [0.717, 1.165) is 0 Å². The number of anilines is 2. The molecule has 28 heavy (non-hydrogen) atoms. The molecule has 0 unspecified atom stereocenters. The quantitative estimate of drug-likeness (QED) is 0.581. The van der Waals surface area contributed by atoms with E-state index in [4.69, 9.17) is 13.9 Å². The predicted octanol–water partition coefficient (Wildman–Crippen LogP) is 4.56. The number of rotatable bonds is 6. The molecule has 0 bridgehead atoms. The van der Waals surface area contributed by atoms with Gasteiger partial charge in [-0.05, 0) is 58.4 Å². The highest BCUT2D eigenvalue weighted by molar-refractivity contribution is 9.10. The van der Waals surface area contributed by atoms with Crippen molar-refractivity contribution in [3.8, 4) is 11.5 Å². The molecule has 0 aliphatic heterocycles. The van der Waals surface area contributed by atoms with E-state index in [1.807, 2.05) is 0 Å². The Morgan fingerprint density at radius 1 is 0.857 bits per heavy atom. The summed E-state index contributed by atoms with van der Waals surface area (Å²) in [6.07, 6.45) is 0. The molecule has 2 amide bonds. The Balaban J connectivity index is 1.72. The van der Waals surface area contributed by atoms with E-state index in [-0.39, 0.29) is 11.7 Å². The standard InChI is InChI=1S/C20H17BrN2O5/c1-26-15-7-6-14(11-17(15)27-2)22-19(24)12-4-3-5-13(10-12)23-20(25)16-8-9-18(21)28-16/h3-11H,1-2H3,(H,22,24)(H,23,25). The second-order valence-corrected chi connectivity index (χ2v) is 6.44. The van der Waals surface area contributed by atoms with E-state index in [9.17, 15) is 9.59 Å². The maximum Gasteiger partial charge on any atom is 0.291 e. The third kappa shape index (κ3) is 4.52. The molecule has 2 aromatic carbocycles. The van der Waals surface area contributed by atoms with E-state index in [2.05, 4.69) is 26.6 Å². The molecule has 0 aliphatic rings. The Hall–Kier alpha value is -3.26. The fraction of sp³-hybridized carbons (Fsp3) is 0.100. The Bertz CT molecular complexity index is 1020. The normalized spacial score (nSPS) is 10.2. The molecule has 0 fully saturated rings. The summed E-state index contributed by atoms with van der Waals surface area (Å²) in [6, 6.07) is 14.8. The minimum atomic E-state index is -0.414. The third-order valence-corrected chi connectivity index (χ3v) is 4.25. The van der Waals surface area contributed by atoms with Gasteiger partial charge in [0.05, 0.1) is 14.2 Å². The highest BCUT2D eigenvalue weighted by Crippen LogP contribution is 2.30. The lowest BCUT2D eigenvalue weighted by molar-refractivity contribution is 0.0992. The molecular formula is C20H17BrN2O5. The summed E-state index contributed by atoms with van der Waals surface area (Å²) >= 11 is 3.15. The number of hydrogen-bond donors (Lipinski definition) is 2. The lowest BCUT2D eigenvalue weighted by atomic mass is 10.1. The van der Waals surface area contributed by atoms with Gasteiger partial charge in [-0.1, -0.05) is 6.07 Å². The number of amides is 2. The number of furan rings is 1. The molecule has 1 heterocycles. The van der Waals surface area contributed by atoms with Crippen LogP contribution in [0, 0.1) is 0 Å². The van der Waals surface area contributed by atoms with Gasteiger partial charge in [0.2, 0.25) is 0 Å². The smallest absolute Gasteiger partial charge is 0.291 e. The van der Waals surface area contributed by atoms with Crippen molar-refractivity contribution < 1.29 is 23.5 Å². The molecule has 1 aromatic heterocycles. The first-order valence-corrected chi connectivity index (χ1v) is 8.99. The molecule has 144 valence electrons. The van der Waals surface area contributed by atoms with Gasteiger partial charge in [-0.15, -0.1) is 0 Å². The van der Waals surface area contributed by atoms with Gasteiger partial charge in [0.15, 0.2) is 21.9 Å². The van der Waals surface area contributed by atoms with Gasteiger partial charge in [-0.3, -0.25) is 9.59 Å². The predicted molar refractivity (Wildman–Crippen MR) is 108 cm³/mol. The monoisotopic (exact) mass is 444 g/mol. The number of halogens is 1. The summed E-state index contributed by atoms with van der Waals surface area (Å²) in [7, 11) is 3.06. The van der Waals surface area contributed by atoms with Crippen LogP contribution < -0.4 is 20.1 Å². The molecule has 0 saturated heterocycles. The Labute approximate surface area is 169 Å². The van der Waals surface area contributed by atoms with Crippen molar-refractivity contribution in [2.24, 2.45) is 0 Å². The van der Waals surface area contributed by atoms with Crippen LogP contribution in [0.15, 0.2) is 63.7 Å². The highest BCUT2D eigenvalue weighted by atomic mass is 79.9. The van der Waals surface area contributed by atoms with Crippen LogP contribution in [0.2, 0.25) is 0 Å². The fourth-order valence-corrected chi connectivity index (χ4v) is 2.79. The lowest BCUT2D eigenvalue weighted by Gasteiger charge is -2.11. The van der Waals surface area contributed by atoms with Gasteiger partial charge in [-0.25, -0.2) is 0 Å². The first kappa shape index (κ1) is 19.5. The topological polar surface area (TPSA) is 89.8 Å². The first-order chi connectivity index (χ1) is 13.5. The Kier molecular flexibility index (Phi) is 6.00. The molecule has 3 aromatic rings. The summed E-state index contributed by atoms with van der Waals surface area (Å²) in [5.74, 6) is 0.486. The van der Waals surface area contributed by atoms with Crippen LogP contribution in [0.4, 0.5) is 11.4 Å². The molecule has 0 aliphatic carbocycles. The summed E-state index contributed by atoms with van der Waals surface area (Å²) in [6.45, 7) is 0. The van der Waals surface area contributed by atoms with Crippen molar-refractivity contribution in [3.63, 3.8) is 0 Å². The molecule has 2 N–H and O–H groups in total. The van der Waals surface area contributed by atoms with Crippen molar-refractivity contribution in [1.29, 1.82) is 0 Å². The average molecular weight is 445 g/mol. The van der Waals surface area contributed by atoms with E-state index in [0.29, 0.717) is 33.1 Å². The lowest BCUT2D eigenvalue weighted by Crippen LogP contribution is -2.14. The summed E-state index contributed by atoms with van der Waals surface area (Å²) in [4.78, 5) is 24.7. The number of nitrogens with one attached hydrogen (secondary N) is 2. The van der Waals surface area contributed by atoms with Crippen LogP contribution in [0.3, 0.4) is 0 Å². The van der Waals surface area contributed by atoms with Gasteiger partial charge in [-0.2, -0.15) is 0 Å². The van der Waals surface area contributed by atoms with Crippen molar-refractivity contribution >= 4 is 39.1 Å². The molecule has 8 heteroatoms. The number of carbonyl (C=O) groups excluding carboxylic acids is 2. The molecule has 0 saturated carbocycles. The molecule has 0 spiro atoms. The van der Waals surface area contributed by atoms with E-state index in [1.165, 1.54) is 14.2 Å². The molecule has 7 nitrogen and oxygen atoms in total. The Morgan fingerprint density at radius 2 is 1.57 bits per heavy atom. The van der Waals surface area contributed by atoms with Crippen LogP contribution in [-0.4, -0.2) is 26.0 Å². The van der Waals surface area contributed by atoms with Crippen molar-refractivity contribution in [2.45, 2.75) is 0 Å². The molecule has 0 radical (unpaired) electrons. The fourth-order valence-electron chi connectivity index (χ4n) is 2.48. The first-order valence-electron chi connectivity index (χ1n) is 8.20. The maximum absolute atomic E-state index is 12.6. The maximum atomic E-state index is 12.6. The summed E-state index contributed by atoms with van der Waals surface area (Å²) < 4.78 is 16.1. The number of carbonyl (C=O) groups is 2. The largest absolute Gasteiger partial charge is 0.493 e. The van der Waals surface area contributed by atoms with E-state index in [1.54, 1.807) is 54.6 Å². The second-order valence-electron chi connectivity index (χ2n) is 5.66.